The third-order valence-corrected chi connectivity index (χ3v) is 5.94. The van der Waals surface area contributed by atoms with Crippen LogP contribution in [-0.2, 0) is 11.3 Å². The first-order valence-electron chi connectivity index (χ1n) is 11.9. The number of hydrogen-bond acceptors (Lipinski definition) is 5. The molecule has 3 rings (SSSR count). The van der Waals surface area contributed by atoms with Gasteiger partial charge in [-0.15, -0.1) is 0 Å². The summed E-state index contributed by atoms with van der Waals surface area (Å²) in [6, 6.07) is 18.2. The summed E-state index contributed by atoms with van der Waals surface area (Å²) in [5, 5.41) is 4.12. The maximum absolute atomic E-state index is 6.18. The molecule has 0 unspecified atom stereocenters. The number of rotatable bonds is 11. The van der Waals surface area contributed by atoms with Crippen LogP contribution in [0.4, 0.5) is 0 Å². The molecule has 5 nitrogen and oxygen atoms in total. The zero-order valence-electron chi connectivity index (χ0n) is 20.0. The van der Waals surface area contributed by atoms with Crippen LogP contribution in [0.3, 0.4) is 0 Å². The van der Waals surface area contributed by atoms with Crippen LogP contribution in [0.2, 0.25) is 0 Å². The summed E-state index contributed by atoms with van der Waals surface area (Å²) >= 11 is 0. The Kier molecular flexibility index (Phi) is 9.58. The molecule has 33 heavy (non-hydrogen) atoms. The van der Waals surface area contributed by atoms with Gasteiger partial charge in [-0.2, -0.15) is 5.10 Å². The first kappa shape index (κ1) is 24.6. The lowest BCUT2D eigenvalue weighted by Crippen LogP contribution is -2.34. The normalized spacial score (nSPS) is 15.9. The zero-order chi connectivity index (χ0) is 23.5. The van der Waals surface area contributed by atoms with E-state index >= 15 is 0 Å². The van der Waals surface area contributed by atoms with Gasteiger partial charge >= 0.3 is 0 Å². The van der Waals surface area contributed by atoms with E-state index in [-0.39, 0.29) is 6.10 Å². The summed E-state index contributed by atoms with van der Waals surface area (Å²) in [5.41, 5.74) is 3.98. The Hall–Kier alpha value is -3.05. The van der Waals surface area contributed by atoms with Crippen LogP contribution < -0.4 is 10.6 Å². The van der Waals surface area contributed by atoms with E-state index in [9.17, 15) is 0 Å². The predicted octanol–water partition coefficient (Wildman–Crippen LogP) is 5.78. The molecule has 1 fully saturated rings. The summed E-state index contributed by atoms with van der Waals surface area (Å²) in [4.78, 5) is 2.33. The summed E-state index contributed by atoms with van der Waals surface area (Å²) in [7, 11) is 2.15. The Labute approximate surface area is 198 Å². The number of nitrogens with zero attached hydrogens (tertiary/aromatic N) is 2. The van der Waals surface area contributed by atoms with E-state index in [0.29, 0.717) is 12.4 Å². The molecule has 0 spiro atoms. The van der Waals surface area contributed by atoms with E-state index < -0.39 is 0 Å². The number of benzene rings is 2. The highest BCUT2D eigenvalue weighted by atomic mass is 16.5. The van der Waals surface area contributed by atoms with Crippen LogP contribution in [0, 0.1) is 0 Å². The maximum atomic E-state index is 6.18. The lowest BCUT2D eigenvalue weighted by molar-refractivity contribution is 0.0650. The van der Waals surface area contributed by atoms with Gasteiger partial charge in [-0.1, -0.05) is 62.4 Å². The molecule has 1 aliphatic rings. The minimum absolute atomic E-state index is 0.203. The number of ether oxygens (including phenoxy) is 2. The number of nitrogens with two attached hydrogens (primary N) is 1. The van der Waals surface area contributed by atoms with Gasteiger partial charge in [0.15, 0.2) is 0 Å². The third kappa shape index (κ3) is 7.79. The molecule has 1 heterocycles. The van der Waals surface area contributed by atoms with Gasteiger partial charge in [0.05, 0.1) is 5.71 Å². The Morgan fingerprint density at radius 3 is 2.45 bits per heavy atom. The van der Waals surface area contributed by atoms with E-state index in [1.54, 1.807) is 0 Å². The third-order valence-electron chi connectivity index (χ3n) is 5.94. The molecule has 0 saturated carbocycles. The Morgan fingerprint density at radius 2 is 1.82 bits per heavy atom. The molecule has 0 bridgehead atoms. The average Bonchev–Trinajstić information content (AvgIpc) is 2.85. The molecule has 0 radical (unpaired) electrons. The largest absolute Gasteiger partial charge is 0.491 e. The number of hydrogen-bond donors (Lipinski definition) is 1. The van der Waals surface area contributed by atoms with Crippen molar-refractivity contribution in [3.63, 3.8) is 0 Å². The SMILES string of the molecule is C=C(/C=C(\C(CCCC)=N/N)c1ccc(OCc2ccccc2)cc1)OC1CCN(C)CC1. The van der Waals surface area contributed by atoms with Crippen molar-refractivity contribution in [2.75, 3.05) is 20.1 Å². The molecular formula is C28H37N3O2. The van der Waals surface area contributed by atoms with Gasteiger partial charge in [-0.25, -0.2) is 0 Å². The molecule has 1 saturated heterocycles. The van der Waals surface area contributed by atoms with Gasteiger partial charge in [-0.3, -0.25) is 0 Å². The number of likely N-dealkylation sites (tertiary alicyclic amines) is 1. The molecule has 0 aromatic heterocycles. The summed E-state index contributed by atoms with van der Waals surface area (Å²) in [6.07, 6.45) is 7.12. The first-order valence-corrected chi connectivity index (χ1v) is 11.9. The Morgan fingerprint density at radius 1 is 1.12 bits per heavy atom. The van der Waals surface area contributed by atoms with E-state index in [1.165, 1.54) is 0 Å². The highest BCUT2D eigenvalue weighted by molar-refractivity contribution is 6.24. The summed E-state index contributed by atoms with van der Waals surface area (Å²) in [6.45, 7) is 8.97. The second-order valence-electron chi connectivity index (χ2n) is 8.62. The van der Waals surface area contributed by atoms with Gasteiger partial charge in [-0.05, 0) is 62.1 Å². The lowest BCUT2D eigenvalue weighted by atomic mass is 9.96. The molecule has 0 amide bonds. The minimum Gasteiger partial charge on any atom is -0.491 e. The highest BCUT2D eigenvalue weighted by Crippen LogP contribution is 2.25. The van der Waals surface area contributed by atoms with E-state index in [2.05, 4.69) is 42.7 Å². The average molecular weight is 448 g/mol. The van der Waals surface area contributed by atoms with Crippen molar-refractivity contribution in [3.8, 4) is 5.75 Å². The van der Waals surface area contributed by atoms with Gasteiger partial charge in [0, 0.05) is 18.7 Å². The highest BCUT2D eigenvalue weighted by Gasteiger charge is 2.19. The molecule has 2 aromatic carbocycles. The minimum atomic E-state index is 0.203. The quantitative estimate of drug-likeness (QED) is 0.156. The van der Waals surface area contributed by atoms with Crippen molar-refractivity contribution in [1.82, 2.24) is 4.90 Å². The number of unbranched alkanes of at least 4 members (excludes halogenated alkanes) is 1. The van der Waals surface area contributed by atoms with Gasteiger partial charge < -0.3 is 20.2 Å². The Balaban J connectivity index is 1.74. The molecule has 1 aliphatic heterocycles. The van der Waals surface area contributed by atoms with Crippen LogP contribution in [-0.4, -0.2) is 36.9 Å². The van der Waals surface area contributed by atoms with Crippen molar-refractivity contribution < 1.29 is 9.47 Å². The molecule has 5 heteroatoms. The fourth-order valence-corrected chi connectivity index (χ4v) is 3.93. The smallest absolute Gasteiger partial charge is 0.119 e. The van der Waals surface area contributed by atoms with E-state index in [0.717, 1.165) is 73.4 Å². The standard InChI is InChI=1S/C28H37N3O2/c1-4-5-11-28(30-29)27(20-22(2)33-26-16-18-31(3)19-17-26)24-12-14-25(15-13-24)32-21-23-9-7-6-8-10-23/h6-10,12-15,20,26H,2,4-5,11,16-19,21,29H2,1,3H3/b27-20-,30-28-. The number of hydrazone groups is 1. The molecule has 2 aromatic rings. The molecule has 2 N–H and O–H groups in total. The van der Waals surface area contributed by atoms with Crippen molar-refractivity contribution in [1.29, 1.82) is 0 Å². The fraction of sp³-hybridized carbons (Fsp3) is 0.393. The van der Waals surface area contributed by atoms with Crippen LogP contribution in [0.25, 0.3) is 5.57 Å². The van der Waals surface area contributed by atoms with Crippen LogP contribution in [0.15, 0.2) is 78.1 Å². The second kappa shape index (κ2) is 12.9. The van der Waals surface area contributed by atoms with Crippen LogP contribution in [0.1, 0.15) is 50.2 Å². The molecular weight excluding hydrogens is 410 g/mol. The first-order chi connectivity index (χ1) is 16.1. The van der Waals surface area contributed by atoms with E-state index in [4.69, 9.17) is 15.3 Å². The lowest BCUT2D eigenvalue weighted by Gasteiger charge is -2.29. The Bertz CT molecular complexity index is 927. The van der Waals surface area contributed by atoms with Crippen LogP contribution >= 0.6 is 0 Å². The van der Waals surface area contributed by atoms with Crippen molar-refractivity contribution in [2.45, 2.75) is 51.7 Å². The van der Waals surface area contributed by atoms with Gasteiger partial charge in [0.1, 0.15) is 24.2 Å². The predicted molar refractivity (Wildman–Crippen MR) is 137 cm³/mol. The molecule has 0 atom stereocenters. The van der Waals surface area contributed by atoms with Gasteiger partial charge in [0.25, 0.3) is 0 Å². The molecule has 0 aliphatic carbocycles. The maximum Gasteiger partial charge on any atom is 0.119 e. The van der Waals surface area contributed by atoms with Crippen molar-refractivity contribution in [2.24, 2.45) is 10.9 Å². The van der Waals surface area contributed by atoms with Crippen molar-refractivity contribution in [3.05, 3.63) is 84.1 Å². The number of piperidine rings is 1. The molecule has 176 valence electrons. The fourth-order valence-electron chi connectivity index (χ4n) is 3.93. The summed E-state index contributed by atoms with van der Waals surface area (Å²) < 4.78 is 12.1. The second-order valence-corrected chi connectivity index (χ2v) is 8.62. The monoisotopic (exact) mass is 447 g/mol. The number of allylic oxidation sites excluding steroid dienone is 2. The summed E-state index contributed by atoms with van der Waals surface area (Å²) in [5.74, 6) is 7.29. The topological polar surface area (TPSA) is 60.1 Å². The van der Waals surface area contributed by atoms with Crippen molar-refractivity contribution >= 4 is 11.3 Å². The zero-order valence-corrected chi connectivity index (χ0v) is 20.0. The van der Waals surface area contributed by atoms with Gasteiger partial charge in [0.2, 0.25) is 0 Å². The van der Waals surface area contributed by atoms with E-state index in [1.807, 2.05) is 48.5 Å². The van der Waals surface area contributed by atoms with Crippen LogP contribution in [0.5, 0.6) is 5.75 Å².